The van der Waals surface area contributed by atoms with E-state index in [1.807, 2.05) is 60.7 Å². The van der Waals surface area contributed by atoms with E-state index in [4.69, 9.17) is 39.8 Å². The number of halogens is 3. The van der Waals surface area contributed by atoms with Crippen LogP contribution in [0, 0.1) is 0 Å². The van der Waals surface area contributed by atoms with Gasteiger partial charge in [-0.3, -0.25) is 0 Å². The molecule has 0 bridgehead atoms. The number of para-hydroxylation sites is 2. The van der Waals surface area contributed by atoms with E-state index >= 15 is 0 Å². The smallest absolute Gasteiger partial charge is 0.114 e. The fourth-order valence-electron chi connectivity index (χ4n) is 3.04. The highest BCUT2D eigenvalue weighted by atomic mass is 35.5. The molecule has 0 aliphatic heterocycles. The molecule has 0 aliphatic carbocycles. The predicted molar refractivity (Wildman–Crippen MR) is 110 cm³/mol. The van der Waals surface area contributed by atoms with Gasteiger partial charge in [-0.25, -0.2) is 4.98 Å². The molecule has 0 saturated carbocycles. The van der Waals surface area contributed by atoms with Gasteiger partial charge in [-0.1, -0.05) is 65.1 Å². The summed E-state index contributed by atoms with van der Waals surface area (Å²) in [6.07, 6.45) is 0.729. The summed E-state index contributed by atoms with van der Waals surface area (Å²) in [6.45, 7) is 0.681. The highest BCUT2D eigenvalue weighted by Crippen LogP contribution is 2.25. The van der Waals surface area contributed by atoms with E-state index in [0.717, 1.165) is 33.9 Å². The molecule has 130 valence electrons. The number of benzene rings is 3. The maximum Gasteiger partial charge on any atom is 0.114 e. The number of hydrogen-bond acceptors (Lipinski definition) is 1. The Kier molecular flexibility index (Phi) is 4.90. The van der Waals surface area contributed by atoms with E-state index in [1.54, 1.807) is 0 Å². The van der Waals surface area contributed by atoms with Crippen molar-refractivity contribution in [1.29, 1.82) is 0 Å². The third-order valence-corrected chi connectivity index (χ3v) is 5.32. The van der Waals surface area contributed by atoms with Gasteiger partial charge in [0.15, 0.2) is 0 Å². The molecule has 0 saturated heterocycles. The van der Waals surface area contributed by atoms with Gasteiger partial charge in [-0.2, -0.15) is 0 Å². The second-order valence-electron chi connectivity index (χ2n) is 6.15. The lowest BCUT2D eigenvalue weighted by atomic mass is 10.1. The van der Waals surface area contributed by atoms with E-state index in [0.29, 0.717) is 16.6 Å². The van der Waals surface area contributed by atoms with Gasteiger partial charge in [0.2, 0.25) is 0 Å². The fourth-order valence-corrected chi connectivity index (χ4v) is 3.49. The maximum absolute atomic E-state index is 6.19. The van der Waals surface area contributed by atoms with Crippen LogP contribution < -0.4 is 0 Å². The molecule has 2 nitrogen and oxygen atoms in total. The van der Waals surface area contributed by atoms with E-state index in [2.05, 4.69) is 10.6 Å². The van der Waals surface area contributed by atoms with Crippen LogP contribution in [-0.4, -0.2) is 9.55 Å². The summed E-state index contributed by atoms with van der Waals surface area (Å²) in [4.78, 5) is 4.84. The minimum atomic E-state index is 0.562. The zero-order valence-corrected chi connectivity index (χ0v) is 16.1. The van der Waals surface area contributed by atoms with Crippen LogP contribution in [0.5, 0.6) is 0 Å². The molecule has 0 aliphatic rings. The standard InChI is InChI=1S/C21H15Cl3N2/c22-16-8-5-14(6-9-16)12-21-25-19-3-1-2-4-20(19)26(21)13-15-7-10-17(23)18(24)11-15/h1-11H,12-13H2. The number of nitrogens with zero attached hydrogens (tertiary/aromatic N) is 2. The maximum atomic E-state index is 6.19. The topological polar surface area (TPSA) is 17.8 Å². The van der Waals surface area contributed by atoms with Gasteiger partial charge in [0, 0.05) is 18.0 Å². The second kappa shape index (κ2) is 7.32. The van der Waals surface area contributed by atoms with Crippen molar-refractivity contribution in [3.63, 3.8) is 0 Å². The molecule has 0 N–H and O–H groups in total. The van der Waals surface area contributed by atoms with Crippen molar-refractivity contribution in [2.75, 3.05) is 0 Å². The second-order valence-corrected chi connectivity index (χ2v) is 7.41. The average Bonchev–Trinajstić information content (AvgIpc) is 2.97. The van der Waals surface area contributed by atoms with Crippen molar-refractivity contribution in [3.05, 3.63) is 98.7 Å². The minimum Gasteiger partial charge on any atom is -0.323 e. The highest BCUT2D eigenvalue weighted by Gasteiger charge is 2.12. The van der Waals surface area contributed by atoms with Crippen LogP contribution in [0.2, 0.25) is 15.1 Å². The fraction of sp³-hybridized carbons (Fsp3) is 0.0952. The first kappa shape index (κ1) is 17.4. The third-order valence-electron chi connectivity index (χ3n) is 4.33. The number of fused-ring (bicyclic) bond motifs is 1. The molecule has 1 heterocycles. The highest BCUT2D eigenvalue weighted by molar-refractivity contribution is 6.42. The van der Waals surface area contributed by atoms with Crippen LogP contribution in [0.1, 0.15) is 17.0 Å². The van der Waals surface area contributed by atoms with Gasteiger partial charge in [0.25, 0.3) is 0 Å². The van der Waals surface area contributed by atoms with Crippen LogP contribution in [-0.2, 0) is 13.0 Å². The molecule has 4 aromatic rings. The summed E-state index contributed by atoms with van der Waals surface area (Å²) in [5, 5.41) is 1.86. The molecule has 0 radical (unpaired) electrons. The Morgan fingerprint density at radius 3 is 2.27 bits per heavy atom. The van der Waals surface area contributed by atoms with Gasteiger partial charge < -0.3 is 4.57 Å². The molecule has 0 fully saturated rings. The SMILES string of the molecule is Clc1ccc(Cc2nc3ccccc3n2Cc2ccc(Cl)c(Cl)c2)cc1. The first-order valence-corrected chi connectivity index (χ1v) is 9.36. The molecule has 3 aromatic carbocycles. The summed E-state index contributed by atoms with van der Waals surface area (Å²) in [6, 6.07) is 21.8. The van der Waals surface area contributed by atoms with E-state index in [1.165, 1.54) is 5.56 Å². The molecule has 26 heavy (non-hydrogen) atoms. The molecule has 0 spiro atoms. The van der Waals surface area contributed by atoms with Gasteiger partial charge in [-0.05, 0) is 47.5 Å². The normalized spacial score (nSPS) is 11.2. The van der Waals surface area contributed by atoms with Crippen LogP contribution >= 0.6 is 34.8 Å². The average molecular weight is 402 g/mol. The van der Waals surface area contributed by atoms with E-state index in [-0.39, 0.29) is 0 Å². The van der Waals surface area contributed by atoms with Crippen LogP contribution in [0.25, 0.3) is 11.0 Å². The predicted octanol–water partition coefficient (Wildman–Crippen LogP) is 6.64. The van der Waals surface area contributed by atoms with Crippen LogP contribution in [0.4, 0.5) is 0 Å². The molecule has 4 rings (SSSR count). The van der Waals surface area contributed by atoms with E-state index in [9.17, 15) is 0 Å². The molecular formula is C21H15Cl3N2. The largest absolute Gasteiger partial charge is 0.323 e. The Bertz CT molecular complexity index is 1070. The van der Waals surface area contributed by atoms with Gasteiger partial charge >= 0.3 is 0 Å². The first-order chi connectivity index (χ1) is 12.6. The summed E-state index contributed by atoms with van der Waals surface area (Å²) in [7, 11) is 0. The zero-order valence-electron chi connectivity index (χ0n) is 13.8. The van der Waals surface area contributed by atoms with Crippen molar-refractivity contribution < 1.29 is 0 Å². The quantitative estimate of drug-likeness (QED) is 0.375. The Morgan fingerprint density at radius 2 is 1.50 bits per heavy atom. The minimum absolute atomic E-state index is 0.562. The molecule has 5 heteroatoms. The monoisotopic (exact) mass is 400 g/mol. The van der Waals surface area contributed by atoms with Gasteiger partial charge in [0.1, 0.15) is 5.82 Å². The summed E-state index contributed by atoms with van der Waals surface area (Å²) >= 11 is 18.2. The Balaban J connectivity index is 1.75. The zero-order chi connectivity index (χ0) is 18.1. The van der Waals surface area contributed by atoms with E-state index < -0.39 is 0 Å². The molecule has 0 atom stereocenters. The summed E-state index contributed by atoms with van der Waals surface area (Å²) < 4.78 is 2.23. The Labute approximate surface area is 167 Å². The van der Waals surface area contributed by atoms with Crippen molar-refractivity contribution >= 4 is 45.8 Å². The molecule has 0 unspecified atom stereocenters. The van der Waals surface area contributed by atoms with Crippen molar-refractivity contribution in [3.8, 4) is 0 Å². The summed E-state index contributed by atoms with van der Waals surface area (Å²) in [5.41, 5.74) is 4.33. The molecule has 0 amide bonds. The van der Waals surface area contributed by atoms with Crippen molar-refractivity contribution in [2.45, 2.75) is 13.0 Å². The Hall–Kier alpha value is -2.00. The van der Waals surface area contributed by atoms with Crippen molar-refractivity contribution in [1.82, 2.24) is 9.55 Å². The van der Waals surface area contributed by atoms with Crippen molar-refractivity contribution in [2.24, 2.45) is 0 Å². The van der Waals surface area contributed by atoms with Crippen LogP contribution in [0.3, 0.4) is 0 Å². The molecule has 1 aromatic heterocycles. The number of hydrogen-bond donors (Lipinski definition) is 0. The molecular weight excluding hydrogens is 387 g/mol. The number of rotatable bonds is 4. The number of aromatic nitrogens is 2. The summed E-state index contributed by atoms with van der Waals surface area (Å²) in [5.74, 6) is 1.000. The lowest BCUT2D eigenvalue weighted by Gasteiger charge is -2.11. The Morgan fingerprint density at radius 1 is 0.769 bits per heavy atom. The number of imidazole rings is 1. The van der Waals surface area contributed by atoms with Gasteiger partial charge in [0.05, 0.1) is 21.1 Å². The first-order valence-electron chi connectivity index (χ1n) is 8.23. The lowest BCUT2D eigenvalue weighted by Crippen LogP contribution is -2.06. The van der Waals surface area contributed by atoms with Crippen LogP contribution in [0.15, 0.2) is 66.7 Å². The lowest BCUT2D eigenvalue weighted by molar-refractivity contribution is 0.762. The van der Waals surface area contributed by atoms with Gasteiger partial charge in [-0.15, -0.1) is 0 Å². The third kappa shape index (κ3) is 3.59.